The van der Waals surface area contributed by atoms with Crippen molar-refractivity contribution in [2.75, 3.05) is 0 Å². The molecule has 1 aromatic rings. The van der Waals surface area contributed by atoms with Gasteiger partial charge in [0.25, 0.3) is 0 Å². The molecule has 2 heteroatoms. The SMILES string of the molecule is Cc1cscc1C(O)C1CCCC1. The second-order valence-electron chi connectivity index (χ2n) is 4.00. The van der Waals surface area contributed by atoms with Crippen molar-refractivity contribution in [2.45, 2.75) is 38.7 Å². The third-order valence-electron chi connectivity index (χ3n) is 3.06. The van der Waals surface area contributed by atoms with Crippen molar-refractivity contribution in [1.29, 1.82) is 0 Å². The van der Waals surface area contributed by atoms with Crippen LogP contribution in [0.4, 0.5) is 0 Å². The molecule has 1 fully saturated rings. The highest BCUT2D eigenvalue weighted by atomic mass is 32.1. The molecule has 0 spiro atoms. The Bertz CT molecular complexity index is 273. The molecule has 1 unspecified atom stereocenters. The summed E-state index contributed by atoms with van der Waals surface area (Å²) in [5.41, 5.74) is 2.42. The van der Waals surface area contributed by atoms with E-state index >= 15 is 0 Å². The van der Waals surface area contributed by atoms with Gasteiger partial charge in [-0.05, 0) is 47.6 Å². The Morgan fingerprint density at radius 2 is 2.08 bits per heavy atom. The Kier molecular flexibility index (Phi) is 2.70. The van der Waals surface area contributed by atoms with E-state index in [1.165, 1.54) is 31.2 Å². The van der Waals surface area contributed by atoms with Crippen LogP contribution in [0.15, 0.2) is 10.8 Å². The maximum Gasteiger partial charge on any atom is 0.0828 e. The fraction of sp³-hybridized carbons (Fsp3) is 0.636. The van der Waals surface area contributed by atoms with E-state index in [1.807, 2.05) is 0 Å². The van der Waals surface area contributed by atoms with Crippen LogP contribution in [0.3, 0.4) is 0 Å². The molecule has 0 aliphatic heterocycles. The molecule has 1 nitrogen and oxygen atoms in total. The van der Waals surface area contributed by atoms with E-state index in [9.17, 15) is 5.11 Å². The molecule has 0 aromatic carbocycles. The van der Waals surface area contributed by atoms with Gasteiger partial charge in [0.1, 0.15) is 0 Å². The van der Waals surface area contributed by atoms with Gasteiger partial charge in [0.2, 0.25) is 0 Å². The minimum Gasteiger partial charge on any atom is -0.388 e. The minimum atomic E-state index is -0.200. The minimum absolute atomic E-state index is 0.200. The van der Waals surface area contributed by atoms with Gasteiger partial charge < -0.3 is 5.11 Å². The fourth-order valence-electron chi connectivity index (χ4n) is 2.20. The molecule has 1 aliphatic carbocycles. The number of hydrogen-bond donors (Lipinski definition) is 1. The van der Waals surface area contributed by atoms with E-state index in [0.29, 0.717) is 5.92 Å². The lowest BCUT2D eigenvalue weighted by molar-refractivity contribution is 0.111. The molecule has 0 radical (unpaired) electrons. The fourth-order valence-corrected chi connectivity index (χ4v) is 3.08. The van der Waals surface area contributed by atoms with Crippen LogP contribution in [0.5, 0.6) is 0 Å². The van der Waals surface area contributed by atoms with E-state index in [2.05, 4.69) is 17.7 Å². The summed E-state index contributed by atoms with van der Waals surface area (Å²) in [4.78, 5) is 0. The van der Waals surface area contributed by atoms with Crippen molar-refractivity contribution >= 4 is 11.3 Å². The molecular weight excluding hydrogens is 180 g/mol. The molecule has 0 saturated heterocycles. The monoisotopic (exact) mass is 196 g/mol. The summed E-state index contributed by atoms with van der Waals surface area (Å²) < 4.78 is 0. The third kappa shape index (κ3) is 1.79. The zero-order valence-corrected chi connectivity index (χ0v) is 8.81. The van der Waals surface area contributed by atoms with Gasteiger partial charge in [-0.25, -0.2) is 0 Å². The van der Waals surface area contributed by atoms with E-state index in [4.69, 9.17) is 0 Å². The Balaban J connectivity index is 2.12. The molecule has 1 N–H and O–H groups in total. The summed E-state index contributed by atoms with van der Waals surface area (Å²) in [7, 11) is 0. The van der Waals surface area contributed by atoms with Crippen LogP contribution in [0, 0.1) is 12.8 Å². The average molecular weight is 196 g/mol. The molecule has 1 heterocycles. The summed E-state index contributed by atoms with van der Waals surface area (Å²) in [6, 6.07) is 0. The second kappa shape index (κ2) is 3.81. The zero-order valence-electron chi connectivity index (χ0n) is 7.99. The predicted molar refractivity (Wildman–Crippen MR) is 56.0 cm³/mol. The standard InChI is InChI=1S/C11H16OS/c1-8-6-13-7-10(8)11(12)9-4-2-3-5-9/h6-7,9,11-12H,2-5H2,1H3. The smallest absolute Gasteiger partial charge is 0.0828 e. The van der Waals surface area contributed by atoms with Crippen molar-refractivity contribution in [3.63, 3.8) is 0 Å². The number of rotatable bonds is 2. The van der Waals surface area contributed by atoms with Crippen LogP contribution in [0.25, 0.3) is 0 Å². The molecule has 0 amide bonds. The van der Waals surface area contributed by atoms with E-state index in [0.717, 1.165) is 5.56 Å². The van der Waals surface area contributed by atoms with Crippen LogP contribution >= 0.6 is 11.3 Å². The number of hydrogen-bond acceptors (Lipinski definition) is 2. The number of thiophene rings is 1. The van der Waals surface area contributed by atoms with Crippen LogP contribution < -0.4 is 0 Å². The quantitative estimate of drug-likeness (QED) is 0.769. The van der Waals surface area contributed by atoms with E-state index in [-0.39, 0.29) is 6.10 Å². The molecule has 13 heavy (non-hydrogen) atoms. The molecule has 1 aromatic heterocycles. The van der Waals surface area contributed by atoms with Crippen LogP contribution in [-0.4, -0.2) is 5.11 Å². The first kappa shape index (κ1) is 9.22. The lowest BCUT2D eigenvalue weighted by Crippen LogP contribution is -2.08. The van der Waals surface area contributed by atoms with Gasteiger partial charge in [-0.15, -0.1) is 0 Å². The highest BCUT2D eigenvalue weighted by Gasteiger charge is 2.25. The van der Waals surface area contributed by atoms with Crippen LogP contribution in [0.2, 0.25) is 0 Å². The maximum atomic E-state index is 10.1. The number of aliphatic hydroxyl groups is 1. The lowest BCUT2D eigenvalue weighted by Gasteiger charge is -2.17. The van der Waals surface area contributed by atoms with Crippen molar-refractivity contribution in [1.82, 2.24) is 0 Å². The lowest BCUT2D eigenvalue weighted by atomic mass is 9.94. The van der Waals surface area contributed by atoms with Crippen molar-refractivity contribution in [2.24, 2.45) is 5.92 Å². The predicted octanol–water partition coefficient (Wildman–Crippen LogP) is 3.28. The third-order valence-corrected chi connectivity index (χ3v) is 3.94. The van der Waals surface area contributed by atoms with Gasteiger partial charge in [-0.2, -0.15) is 11.3 Å². The summed E-state index contributed by atoms with van der Waals surface area (Å²) in [6.45, 7) is 2.09. The summed E-state index contributed by atoms with van der Waals surface area (Å²) in [5.74, 6) is 0.522. The summed E-state index contributed by atoms with van der Waals surface area (Å²) in [5, 5.41) is 14.3. The molecular formula is C11H16OS. The molecule has 1 atom stereocenters. The topological polar surface area (TPSA) is 20.2 Å². The second-order valence-corrected chi connectivity index (χ2v) is 4.74. The first-order valence-electron chi connectivity index (χ1n) is 5.00. The first-order chi connectivity index (χ1) is 6.29. The number of aliphatic hydroxyl groups excluding tert-OH is 1. The molecule has 2 rings (SSSR count). The van der Waals surface area contributed by atoms with E-state index < -0.39 is 0 Å². The molecule has 0 bridgehead atoms. The van der Waals surface area contributed by atoms with Crippen molar-refractivity contribution in [3.8, 4) is 0 Å². The van der Waals surface area contributed by atoms with Gasteiger partial charge in [0, 0.05) is 0 Å². The van der Waals surface area contributed by atoms with Gasteiger partial charge in [0.05, 0.1) is 6.10 Å². The Hall–Kier alpha value is -0.340. The Labute approximate surface area is 83.4 Å². The van der Waals surface area contributed by atoms with Crippen molar-refractivity contribution in [3.05, 3.63) is 21.9 Å². The van der Waals surface area contributed by atoms with Gasteiger partial charge in [0.15, 0.2) is 0 Å². The van der Waals surface area contributed by atoms with Gasteiger partial charge >= 0.3 is 0 Å². The number of aryl methyl sites for hydroxylation is 1. The average Bonchev–Trinajstić information content (AvgIpc) is 2.72. The zero-order chi connectivity index (χ0) is 9.26. The molecule has 72 valence electrons. The highest BCUT2D eigenvalue weighted by Crippen LogP contribution is 2.37. The summed E-state index contributed by atoms with van der Waals surface area (Å²) in [6.07, 6.45) is 4.80. The summed E-state index contributed by atoms with van der Waals surface area (Å²) >= 11 is 1.69. The van der Waals surface area contributed by atoms with Gasteiger partial charge in [-0.1, -0.05) is 12.8 Å². The van der Waals surface area contributed by atoms with Crippen molar-refractivity contribution < 1.29 is 5.11 Å². The maximum absolute atomic E-state index is 10.1. The Morgan fingerprint density at radius 3 is 2.62 bits per heavy atom. The van der Waals surface area contributed by atoms with E-state index in [1.54, 1.807) is 11.3 Å². The first-order valence-corrected chi connectivity index (χ1v) is 5.94. The normalized spacial score (nSPS) is 20.8. The highest BCUT2D eigenvalue weighted by molar-refractivity contribution is 7.08. The molecule has 1 aliphatic rings. The van der Waals surface area contributed by atoms with Gasteiger partial charge in [-0.3, -0.25) is 0 Å². The van der Waals surface area contributed by atoms with Crippen LogP contribution in [-0.2, 0) is 0 Å². The Morgan fingerprint density at radius 1 is 1.38 bits per heavy atom. The largest absolute Gasteiger partial charge is 0.388 e. The van der Waals surface area contributed by atoms with Crippen LogP contribution in [0.1, 0.15) is 42.9 Å². The molecule has 1 saturated carbocycles.